The fourth-order valence-electron chi connectivity index (χ4n) is 3.71. The van der Waals surface area contributed by atoms with Crippen molar-refractivity contribution in [1.29, 1.82) is 0 Å². The first-order chi connectivity index (χ1) is 15.2. The molecule has 2 aromatic heterocycles. The third-order valence-corrected chi connectivity index (χ3v) is 6.39. The van der Waals surface area contributed by atoms with Crippen LogP contribution in [0.5, 0.6) is 0 Å². The lowest BCUT2D eigenvalue weighted by Gasteiger charge is -2.12. The maximum absolute atomic E-state index is 12.6. The molecule has 2 heterocycles. The lowest BCUT2D eigenvalue weighted by molar-refractivity contribution is -0.116. The van der Waals surface area contributed by atoms with Crippen LogP contribution in [0.3, 0.4) is 0 Å². The van der Waals surface area contributed by atoms with Crippen molar-refractivity contribution >= 4 is 28.2 Å². The molecule has 8 heteroatoms. The molecule has 4 rings (SSSR count). The zero-order valence-corrected chi connectivity index (χ0v) is 18.3. The van der Waals surface area contributed by atoms with E-state index in [2.05, 4.69) is 15.5 Å². The van der Waals surface area contributed by atoms with Gasteiger partial charge in [-0.3, -0.25) is 4.79 Å². The summed E-state index contributed by atoms with van der Waals surface area (Å²) in [4.78, 5) is 26.2. The third kappa shape index (κ3) is 5.02. The number of nitrogens with zero attached hydrogens (tertiary/aromatic N) is 2. The number of fused-ring (bicyclic) bond motifs is 1. The molecule has 0 fully saturated rings. The van der Waals surface area contributed by atoms with Crippen LogP contribution in [-0.2, 0) is 28.8 Å². The molecule has 31 heavy (non-hydrogen) atoms. The molecule has 0 spiro atoms. The Morgan fingerprint density at radius 3 is 2.77 bits per heavy atom. The predicted molar refractivity (Wildman–Crippen MR) is 118 cm³/mol. The van der Waals surface area contributed by atoms with Crippen LogP contribution in [0.1, 0.15) is 59.3 Å². The van der Waals surface area contributed by atoms with Gasteiger partial charge in [-0.1, -0.05) is 18.2 Å². The van der Waals surface area contributed by atoms with Crippen LogP contribution in [0.4, 0.5) is 5.00 Å². The number of nitrogens with one attached hydrogen (secondary N) is 1. The van der Waals surface area contributed by atoms with E-state index >= 15 is 0 Å². The average molecular weight is 440 g/mol. The minimum Gasteiger partial charge on any atom is -0.462 e. The number of benzene rings is 1. The van der Waals surface area contributed by atoms with Gasteiger partial charge in [-0.25, -0.2) is 4.79 Å². The third-order valence-electron chi connectivity index (χ3n) is 5.19. The minimum atomic E-state index is -0.350. The number of thiophene rings is 1. The molecule has 1 aromatic carbocycles. The molecule has 0 saturated carbocycles. The lowest BCUT2D eigenvalue weighted by Crippen LogP contribution is -2.15. The van der Waals surface area contributed by atoms with Gasteiger partial charge in [0.05, 0.1) is 12.2 Å². The Balaban J connectivity index is 1.36. The van der Waals surface area contributed by atoms with Gasteiger partial charge in [0.2, 0.25) is 17.7 Å². The van der Waals surface area contributed by atoms with E-state index in [1.54, 1.807) is 6.92 Å². The van der Waals surface area contributed by atoms with Crippen molar-refractivity contribution in [2.24, 2.45) is 0 Å². The van der Waals surface area contributed by atoms with Crippen LogP contribution in [0.25, 0.3) is 11.5 Å². The van der Waals surface area contributed by atoms with Crippen LogP contribution in [0, 0.1) is 0 Å². The number of amides is 1. The Kier molecular flexibility index (Phi) is 6.76. The standard InChI is InChI=1S/C23H25N3O4S/c1-2-29-23(28)20-16-11-6-7-12-17(16)31-22(20)24-18(27)13-8-14-19-25-26-21(30-19)15-9-4-3-5-10-15/h3-5,9-10H,2,6-8,11-14H2,1H3,(H,24,27). The summed E-state index contributed by atoms with van der Waals surface area (Å²) < 4.78 is 10.9. The van der Waals surface area contributed by atoms with Crippen molar-refractivity contribution in [1.82, 2.24) is 10.2 Å². The van der Waals surface area contributed by atoms with E-state index in [9.17, 15) is 9.59 Å². The number of carbonyl (C=O) groups is 2. The molecule has 0 atom stereocenters. The number of hydrogen-bond acceptors (Lipinski definition) is 7. The molecule has 0 bridgehead atoms. The maximum atomic E-state index is 12.6. The quantitative estimate of drug-likeness (QED) is 0.506. The summed E-state index contributed by atoms with van der Waals surface area (Å²) >= 11 is 1.50. The number of esters is 1. The van der Waals surface area contributed by atoms with E-state index in [0.717, 1.165) is 36.8 Å². The van der Waals surface area contributed by atoms with Gasteiger partial charge in [-0.05, 0) is 56.7 Å². The zero-order chi connectivity index (χ0) is 21.6. The Labute approximate surface area is 184 Å². The predicted octanol–water partition coefficient (Wildman–Crippen LogP) is 4.82. The molecule has 1 amide bonds. The van der Waals surface area contributed by atoms with E-state index in [-0.39, 0.29) is 11.9 Å². The monoisotopic (exact) mass is 439 g/mol. The summed E-state index contributed by atoms with van der Waals surface area (Å²) in [6.45, 7) is 2.10. The van der Waals surface area contributed by atoms with Crippen molar-refractivity contribution in [2.45, 2.75) is 51.9 Å². The number of aromatic nitrogens is 2. The molecule has 0 aliphatic heterocycles. The van der Waals surface area contributed by atoms with E-state index < -0.39 is 0 Å². The molecule has 0 unspecified atom stereocenters. The van der Waals surface area contributed by atoms with Crippen LogP contribution in [-0.4, -0.2) is 28.7 Å². The number of anilines is 1. The van der Waals surface area contributed by atoms with Gasteiger partial charge < -0.3 is 14.5 Å². The first-order valence-electron chi connectivity index (χ1n) is 10.6. The van der Waals surface area contributed by atoms with E-state index in [0.29, 0.717) is 48.2 Å². The molecule has 0 saturated heterocycles. The van der Waals surface area contributed by atoms with Crippen LogP contribution in [0.15, 0.2) is 34.7 Å². The van der Waals surface area contributed by atoms with Crippen LogP contribution < -0.4 is 5.32 Å². The molecule has 1 aliphatic carbocycles. The van der Waals surface area contributed by atoms with E-state index in [4.69, 9.17) is 9.15 Å². The number of hydrogen-bond donors (Lipinski definition) is 1. The van der Waals surface area contributed by atoms with Crippen molar-refractivity contribution < 1.29 is 18.7 Å². The second-order valence-corrected chi connectivity index (χ2v) is 8.51. The zero-order valence-electron chi connectivity index (χ0n) is 17.5. The van der Waals surface area contributed by atoms with Gasteiger partial charge in [0.25, 0.3) is 0 Å². The second kappa shape index (κ2) is 9.87. The topological polar surface area (TPSA) is 94.3 Å². The fraction of sp³-hybridized carbons (Fsp3) is 0.391. The van der Waals surface area contributed by atoms with Gasteiger partial charge in [0.15, 0.2) is 0 Å². The number of rotatable bonds is 8. The number of carbonyl (C=O) groups excluding carboxylic acids is 2. The van der Waals surface area contributed by atoms with Crippen LogP contribution in [0.2, 0.25) is 0 Å². The summed E-state index contributed by atoms with van der Waals surface area (Å²) in [5.74, 6) is 0.497. The van der Waals surface area contributed by atoms with E-state index in [1.165, 1.54) is 16.2 Å². The number of ether oxygens (including phenoxy) is 1. The van der Waals surface area contributed by atoms with Crippen molar-refractivity contribution in [3.05, 3.63) is 52.2 Å². The fourth-order valence-corrected chi connectivity index (χ4v) is 5.01. The smallest absolute Gasteiger partial charge is 0.341 e. The van der Waals surface area contributed by atoms with Crippen molar-refractivity contribution in [3.8, 4) is 11.5 Å². The summed E-state index contributed by atoms with van der Waals surface area (Å²) in [5.41, 5.74) is 2.45. The van der Waals surface area contributed by atoms with Crippen molar-refractivity contribution in [2.75, 3.05) is 11.9 Å². The highest BCUT2D eigenvalue weighted by Gasteiger charge is 2.27. The summed E-state index contributed by atoms with van der Waals surface area (Å²) in [6, 6.07) is 9.57. The molecular formula is C23H25N3O4S. The maximum Gasteiger partial charge on any atom is 0.341 e. The Morgan fingerprint density at radius 2 is 1.97 bits per heavy atom. The Morgan fingerprint density at radius 1 is 1.16 bits per heavy atom. The van der Waals surface area contributed by atoms with E-state index in [1.807, 2.05) is 30.3 Å². The molecule has 0 radical (unpaired) electrons. The number of aryl methyl sites for hydroxylation is 2. The molecule has 1 aliphatic rings. The highest BCUT2D eigenvalue weighted by atomic mass is 32.1. The minimum absolute atomic E-state index is 0.132. The SMILES string of the molecule is CCOC(=O)c1c(NC(=O)CCCc2nnc(-c3ccccc3)o2)sc2c1CCCC2. The average Bonchev–Trinajstić information content (AvgIpc) is 3.39. The highest BCUT2D eigenvalue weighted by molar-refractivity contribution is 7.17. The Bertz CT molecular complexity index is 1060. The molecule has 7 nitrogen and oxygen atoms in total. The molecular weight excluding hydrogens is 414 g/mol. The summed E-state index contributed by atoms with van der Waals surface area (Å²) in [5, 5.41) is 11.7. The molecule has 1 N–H and O–H groups in total. The molecule has 162 valence electrons. The normalized spacial score (nSPS) is 12.9. The Hall–Kier alpha value is -3.00. The first kappa shape index (κ1) is 21.2. The van der Waals surface area contributed by atoms with Gasteiger partial charge in [0, 0.05) is 23.3 Å². The van der Waals surface area contributed by atoms with Crippen LogP contribution >= 0.6 is 11.3 Å². The van der Waals surface area contributed by atoms with Gasteiger partial charge in [-0.2, -0.15) is 0 Å². The largest absolute Gasteiger partial charge is 0.462 e. The van der Waals surface area contributed by atoms with Gasteiger partial charge in [0.1, 0.15) is 5.00 Å². The highest BCUT2D eigenvalue weighted by Crippen LogP contribution is 2.38. The molecule has 3 aromatic rings. The van der Waals surface area contributed by atoms with Gasteiger partial charge >= 0.3 is 5.97 Å². The summed E-state index contributed by atoms with van der Waals surface area (Å²) in [6.07, 6.45) is 5.35. The lowest BCUT2D eigenvalue weighted by atomic mass is 9.95. The van der Waals surface area contributed by atoms with Gasteiger partial charge in [-0.15, -0.1) is 21.5 Å². The van der Waals surface area contributed by atoms with Crippen molar-refractivity contribution in [3.63, 3.8) is 0 Å². The second-order valence-electron chi connectivity index (χ2n) is 7.40. The first-order valence-corrected chi connectivity index (χ1v) is 11.5. The summed E-state index contributed by atoms with van der Waals surface area (Å²) in [7, 11) is 0.